The van der Waals surface area contributed by atoms with Crippen LogP contribution in [0.25, 0.3) is 5.57 Å². The number of aliphatic hydroxyl groups is 1. The average molecular weight is 257 g/mol. The van der Waals surface area contributed by atoms with Gasteiger partial charge in [0.2, 0.25) is 5.91 Å². The van der Waals surface area contributed by atoms with E-state index in [0.29, 0.717) is 18.4 Å². The first-order chi connectivity index (χ1) is 9.06. The Morgan fingerprint density at radius 1 is 1.37 bits per heavy atom. The fourth-order valence-corrected chi connectivity index (χ4v) is 2.84. The van der Waals surface area contributed by atoms with Gasteiger partial charge >= 0.3 is 0 Å². The Bertz CT molecular complexity index is 629. The summed E-state index contributed by atoms with van der Waals surface area (Å²) in [5.41, 5.74) is 3.52. The van der Waals surface area contributed by atoms with E-state index >= 15 is 0 Å². The zero-order chi connectivity index (χ0) is 13.6. The molecule has 1 unspecified atom stereocenters. The van der Waals surface area contributed by atoms with Gasteiger partial charge in [-0.25, -0.2) is 0 Å². The van der Waals surface area contributed by atoms with Crippen LogP contribution in [0.5, 0.6) is 5.75 Å². The predicted octanol–water partition coefficient (Wildman–Crippen LogP) is 1.83. The molecule has 0 radical (unpaired) electrons. The van der Waals surface area contributed by atoms with E-state index in [1.54, 1.807) is 12.1 Å². The second kappa shape index (κ2) is 4.16. The maximum Gasteiger partial charge on any atom is 0.217 e. The minimum Gasteiger partial charge on any atom is -0.508 e. The number of hydrogen-bond acceptors (Lipinski definition) is 3. The van der Waals surface area contributed by atoms with Crippen LogP contribution in [-0.4, -0.2) is 22.2 Å². The molecule has 0 heterocycles. The van der Waals surface area contributed by atoms with Crippen molar-refractivity contribution in [3.05, 3.63) is 46.7 Å². The van der Waals surface area contributed by atoms with Crippen LogP contribution in [0.15, 0.2) is 30.0 Å². The summed E-state index contributed by atoms with van der Waals surface area (Å²) in [6.45, 7) is 1.46. The third-order valence-electron chi connectivity index (χ3n) is 3.62. The third kappa shape index (κ3) is 1.89. The zero-order valence-electron chi connectivity index (χ0n) is 10.6. The lowest BCUT2D eigenvalue weighted by atomic mass is 9.80. The maximum absolute atomic E-state index is 11.2. The number of nitrogens with one attached hydrogen (secondary N) is 1. The minimum atomic E-state index is -0.199. The zero-order valence-corrected chi connectivity index (χ0v) is 10.6. The fourth-order valence-electron chi connectivity index (χ4n) is 2.84. The van der Waals surface area contributed by atoms with E-state index in [2.05, 4.69) is 5.32 Å². The molecule has 0 saturated heterocycles. The Hall–Kier alpha value is -2.23. The van der Waals surface area contributed by atoms with Gasteiger partial charge in [-0.3, -0.25) is 4.79 Å². The number of benzene rings is 1. The van der Waals surface area contributed by atoms with Gasteiger partial charge in [0, 0.05) is 24.5 Å². The van der Waals surface area contributed by atoms with Gasteiger partial charge in [-0.15, -0.1) is 0 Å². The van der Waals surface area contributed by atoms with Crippen molar-refractivity contribution in [2.75, 3.05) is 0 Å². The molecule has 3 N–H and O–H groups in total. The third-order valence-corrected chi connectivity index (χ3v) is 3.62. The summed E-state index contributed by atoms with van der Waals surface area (Å²) < 4.78 is 0. The lowest BCUT2D eigenvalue weighted by Gasteiger charge is -2.29. The van der Waals surface area contributed by atoms with Crippen LogP contribution >= 0.6 is 0 Å². The summed E-state index contributed by atoms with van der Waals surface area (Å²) in [5, 5.41) is 22.8. The summed E-state index contributed by atoms with van der Waals surface area (Å²) in [4.78, 5) is 11.2. The summed E-state index contributed by atoms with van der Waals surface area (Å²) in [7, 11) is 0. The number of phenols is 1. The second-order valence-electron chi connectivity index (χ2n) is 4.98. The molecule has 4 heteroatoms. The molecule has 0 aromatic heterocycles. The molecule has 0 aliphatic heterocycles. The quantitative estimate of drug-likeness (QED) is 0.719. The van der Waals surface area contributed by atoms with Gasteiger partial charge in [0.15, 0.2) is 0 Å². The first kappa shape index (κ1) is 11.8. The van der Waals surface area contributed by atoms with E-state index in [-0.39, 0.29) is 23.5 Å². The van der Waals surface area contributed by atoms with Crippen molar-refractivity contribution in [2.24, 2.45) is 0 Å². The number of phenolic OH excluding ortho intramolecular Hbond substituents is 1. The van der Waals surface area contributed by atoms with Crippen molar-refractivity contribution in [1.29, 1.82) is 0 Å². The molecule has 3 rings (SSSR count). The Morgan fingerprint density at radius 2 is 2.16 bits per heavy atom. The first-order valence-electron chi connectivity index (χ1n) is 6.28. The molecule has 0 bridgehead atoms. The normalized spacial score (nSPS) is 20.2. The SMILES string of the molecule is CC(=O)NC1C=C2C(O)=CCc3ccc(O)c(c32)C1. The number of aliphatic hydroxyl groups excluding tert-OH is 1. The van der Waals surface area contributed by atoms with Gasteiger partial charge in [0.05, 0.1) is 6.04 Å². The van der Waals surface area contributed by atoms with Crippen LogP contribution in [-0.2, 0) is 17.6 Å². The molecular formula is C15H15NO3. The molecule has 1 aromatic rings. The van der Waals surface area contributed by atoms with Crippen molar-refractivity contribution < 1.29 is 15.0 Å². The van der Waals surface area contributed by atoms with Gasteiger partial charge in [0.25, 0.3) is 0 Å². The molecule has 0 saturated carbocycles. The molecule has 4 nitrogen and oxygen atoms in total. The molecule has 1 aromatic carbocycles. The van der Waals surface area contributed by atoms with Gasteiger partial charge in [0.1, 0.15) is 11.5 Å². The van der Waals surface area contributed by atoms with E-state index in [0.717, 1.165) is 16.7 Å². The fraction of sp³-hybridized carbons (Fsp3) is 0.267. The molecule has 0 fully saturated rings. The number of rotatable bonds is 1. The topological polar surface area (TPSA) is 69.6 Å². The highest BCUT2D eigenvalue weighted by Crippen LogP contribution is 2.40. The van der Waals surface area contributed by atoms with Crippen LogP contribution in [0.2, 0.25) is 0 Å². The Balaban J connectivity index is 2.14. The lowest BCUT2D eigenvalue weighted by Crippen LogP contribution is -2.35. The summed E-state index contributed by atoms with van der Waals surface area (Å²) in [6, 6.07) is 3.36. The van der Waals surface area contributed by atoms with Crippen LogP contribution < -0.4 is 5.32 Å². The highest BCUT2D eigenvalue weighted by Gasteiger charge is 2.28. The standard InChI is InChI=1S/C15H15NO3/c1-8(17)16-10-6-11-13(18)4-2-9-3-5-14(19)12(7-10)15(9)11/h2,4-5,7,10,18-19H,3,6H2,1H3,(H,16,17). The van der Waals surface area contributed by atoms with E-state index < -0.39 is 0 Å². The number of aromatic hydroxyl groups is 1. The van der Waals surface area contributed by atoms with Gasteiger partial charge < -0.3 is 15.5 Å². The van der Waals surface area contributed by atoms with Gasteiger partial charge in [-0.05, 0) is 29.7 Å². The Labute approximate surface area is 111 Å². The summed E-state index contributed by atoms with van der Waals surface area (Å²) in [6.07, 6.45) is 4.82. The molecular weight excluding hydrogens is 242 g/mol. The van der Waals surface area contributed by atoms with Crippen LogP contribution in [0.4, 0.5) is 0 Å². The van der Waals surface area contributed by atoms with Gasteiger partial charge in [-0.2, -0.15) is 0 Å². The molecule has 2 aliphatic carbocycles. The van der Waals surface area contributed by atoms with E-state index in [1.807, 2.05) is 12.1 Å². The maximum atomic E-state index is 11.2. The highest BCUT2D eigenvalue weighted by molar-refractivity contribution is 5.86. The van der Waals surface area contributed by atoms with E-state index in [1.165, 1.54) is 6.92 Å². The van der Waals surface area contributed by atoms with Crippen LogP contribution in [0, 0.1) is 0 Å². The molecule has 1 amide bonds. The number of carbonyl (C=O) groups is 1. The van der Waals surface area contributed by atoms with Crippen molar-refractivity contribution in [3.8, 4) is 5.75 Å². The minimum absolute atomic E-state index is 0.125. The van der Waals surface area contributed by atoms with Crippen molar-refractivity contribution in [1.82, 2.24) is 5.32 Å². The number of amides is 1. The number of carbonyl (C=O) groups excluding carboxylic acids is 1. The van der Waals surface area contributed by atoms with Crippen molar-refractivity contribution in [2.45, 2.75) is 25.8 Å². The molecule has 19 heavy (non-hydrogen) atoms. The lowest BCUT2D eigenvalue weighted by molar-refractivity contribution is -0.119. The van der Waals surface area contributed by atoms with Gasteiger partial charge in [-0.1, -0.05) is 12.1 Å². The number of allylic oxidation sites excluding steroid dienone is 2. The van der Waals surface area contributed by atoms with Crippen molar-refractivity contribution in [3.63, 3.8) is 0 Å². The molecule has 2 aliphatic rings. The Morgan fingerprint density at radius 3 is 2.89 bits per heavy atom. The van der Waals surface area contributed by atoms with E-state index in [4.69, 9.17) is 0 Å². The average Bonchev–Trinajstić information content (AvgIpc) is 2.36. The number of hydrogen-bond donors (Lipinski definition) is 3. The largest absolute Gasteiger partial charge is 0.508 e. The van der Waals surface area contributed by atoms with Crippen LogP contribution in [0.3, 0.4) is 0 Å². The predicted molar refractivity (Wildman–Crippen MR) is 71.8 cm³/mol. The van der Waals surface area contributed by atoms with Crippen LogP contribution in [0.1, 0.15) is 23.6 Å². The monoisotopic (exact) mass is 257 g/mol. The first-order valence-corrected chi connectivity index (χ1v) is 6.28. The summed E-state index contributed by atoms with van der Waals surface area (Å²) in [5.74, 6) is 0.309. The summed E-state index contributed by atoms with van der Waals surface area (Å²) >= 11 is 0. The highest BCUT2D eigenvalue weighted by atomic mass is 16.3. The smallest absolute Gasteiger partial charge is 0.217 e. The Kier molecular flexibility index (Phi) is 2.59. The molecule has 98 valence electrons. The van der Waals surface area contributed by atoms with Crippen molar-refractivity contribution >= 4 is 11.5 Å². The second-order valence-corrected chi connectivity index (χ2v) is 4.98. The van der Waals surface area contributed by atoms with E-state index in [9.17, 15) is 15.0 Å². The molecule has 1 atom stereocenters. The molecule has 0 spiro atoms.